The van der Waals surface area contributed by atoms with Crippen LogP contribution in [0.1, 0.15) is 16.4 Å². The first kappa shape index (κ1) is 18.3. The van der Waals surface area contributed by atoms with Gasteiger partial charge in [0, 0.05) is 24.7 Å². The summed E-state index contributed by atoms with van der Waals surface area (Å²) in [6.07, 6.45) is -4.44. The number of aromatic amines is 1. The van der Waals surface area contributed by atoms with E-state index >= 15 is 0 Å². The summed E-state index contributed by atoms with van der Waals surface area (Å²) in [5, 5.41) is 2.79. The summed E-state index contributed by atoms with van der Waals surface area (Å²) in [5.74, 6) is 0.370. The highest BCUT2D eigenvalue weighted by Crippen LogP contribution is 2.31. The normalized spacial score (nSPS) is 21.3. The number of nitrogens with one attached hydrogen (secondary N) is 1. The second-order valence-electron chi connectivity index (χ2n) is 6.40. The van der Waals surface area contributed by atoms with E-state index in [2.05, 4.69) is 15.0 Å². The first-order chi connectivity index (χ1) is 12.9. The Morgan fingerprint density at radius 2 is 2.15 bits per heavy atom. The molecule has 0 spiro atoms. The molecular weight excluding hydrogens is 384 g/mol. The van der Waals surface area contributed by atoms with Crippen molar-refractivity contribution in [2.45, 2.75) is 31.6 Å². The number of H-pyrrole nitrogens is 1. The number of aromatic nitrogens is 3. The molecule has 3 aromatic rings. The average Bonchev–Trinajstić information content (AvgIpc) is 3.32. The molecule has 1 aliphatic heterocycles. The fourth-order valence-corrected chi connectivity index (χ4v) is 3.77. The monoisotopic (exact) mass is 400 g/mol. The number of ether oxygens (including phenoxy) is 1. The molecule has 5 nitrogen and oxygen atoms in total. The van der Waals surface area contributed by atoms with E-state index in [4.69, 9.17) is 4.74 Å². The molecule has 3 heterocycles. The second-order valence-corrected chi connectivity index (χ2v) is 7.38. The number of thiazole rings is 1. The van der Waals surface area contributed by atoms with E-state index in [1.54, 1.807) is 6.20 Å². The molecule has 1 fully saturated rings. The van der Waals surface area contributed by atoms with Gasteiger partial charge < -0.3 is 9.72 Å². The SMILES string of the molecule is F[C@@H]1CN(Cc2nccs2)C[C@@H]1OCc1nc2ccc(C(F)(F)F)cc2[nH]1. The minimum atomic E-state index is -4.41. The van der Waals surface area contributed by atoms with Gasteiger partial charge in [-0.25, -0.2) is 14.4 Å². The lowest BCUT2D eigenvalue weighted by Gasteiger charge is -2.14. The molecule has 2 aromatic heterocycles. The lowest BCUT2D eigenvalue weighted by atomic mass is 10.2. The van der Waals surface area contributed by atoms with Crippen LogP contribution in [0.15, 0.2) is 29.8 Å². The molecule has 27 heavy (non-hydrogen) atoms. The largest absolute Gasteiger partial charge is 0.416 e. The van der Waals surface area contributed by atoms with Crippen LogP contribution in [0.2, 0.25) is 0 Å². The Hall–Kier alpha value is -2.04. The fraction of sp³-hybridized carbons (Fsp3) is 0.412. The molecule has 2 atom stereocenters. The first-order valence-corrected chi connectivity index (χ1v) is 9.19. The zero-order chi connectivity index (χ0) is 19.0. The van der Waals surface area contributed by atoms with Gasteiger partial charge in [0.2, 0.25) is 0 Å². The fourth-order valence-electron chi connectivity index (χ4n) is 3.11. The third-order valence-corrected chi connectivity index (χ3v) is 5.17. The standard InChI is InChI=1S/C17H16F4N4OS/c18-11-6-25(8-16-22-3-4-27-16)7-14(11)26-9-15-23-12-2-1-10(17(19,20)21)5-13(12)24-15/h1-5,11,14H,6-9H2,(H,23,24)/t11-,14+/m1/s1. The lowest BCUT2D eigenvalue weighted by Crippen LogP contribution is -2.24. The van der Waals surface area contributed by atoms with Crippen molar-refractivity contribution < 1.29 is 22.3 Å². The highest BCUT2D eigenvalue weighted by molar-refractivity contribution is 7.09. The number of hydrogen-bond donors (Lipinski definition) is 1. The third-order valence-electron chi connectivity index (χ3n) is 4.41. The summed E-state index contributed by atoms with van der Waals surface area (Å²) in [6.45, 7) is 1.27. The van der Waals surface area contributed by atoms with Crippen LogP contribution >= 0.6 is 11.3 Å². The van der Waals surface area contributed by atoms with Crippen LogP contribution in [0.5, 0.6) is 0 Å². The van der Waals surface area contributed by atoms with E-state index in [1.807, 2.05) is 10.3 Å². The number of halogens is 4. The van der Waals surface area contributed by atoms with Crippen LogP contribution in [-0.4, -0.2) is 45.2 Å². The number of fused-ring (bicyclic) bond motifs is 1. The molecule has 1 saturated heterocycles. The molecule has 0 bridgehead atoms. The minimum Gasteiger partial charge on any atom is -0.366 e. The van der Waals surface area contributed by atoms with Crippen molar-refractivity contribution in [3.8, 4) is 0 Å². The summed E-state index contributed by atoms with van der Waals surface area (Å²) in [6, 6.07) is 3.30. The van der Waals surface area contributed by atoms with E-state index in [0.717, 1.165) is 17.1 Å². The van der Waals surface area contributed by atoms with Gasteiger partial charge in [-0.15, -0.1) is 11.3 Å². The molecule has 0 aliphatic carbocycles. The maximum atomic E-state index is 14.2. The molecule has 10 heteroatoms. The van der Waals surface area contributed by atoms with Crippen LogP contribution in [0, 0.1) is 0 Å². The van der Waals surface area contributed by atoms with Crippen molar-refractivity contribution in [1.29, 1.82) is 0 Å². The minimum absolute atomic E-state index is 0.00616. The van der Waals surface area contributed by atoms with E-state index in [9.17, 15) is 17.6 Å². The molecule has 1 N–H and O–H groups in total. The number of benzene rings is 1. The summed E-state index contributed by atoms with van der Waals surface area (Å²) in [5.41, 5.74) is -0.0594. The van der Waals surface area contributed by atoms with Gasteiger partial charge in [0.25, 0.3) is 0 Å². The number of imidazole rings is 1. The Kier molecular flexibility index (Phi) is 4.87. The van der Waals surface area contributed by atoms with Gasteiger partial charge in [-0.05, 0) is 18.2 Å². The molecular formula is C17H16F4N4OS. The zero-order valence-corrected chi connectivity index (χ0v) is 14.9. The number of likely N-dealkylation sites (tertiary alicyclic amines) is 1. The van der Waals surface area contributed by atoms with Crippen LogP contribution in [-0.2, 0) is 24.1 Å². The maximum absolute atomic E-state index is 14.2. The van der Waals surface area contributed by atoms with Gasteiger partial charge in [0.1, 0.15) is 29.7 Å². The molecule has 144 valence electrons. The van der Waals surface area contributed by atoms with Gasteiger partial charge in [-0.1, -0.05) is 0 Å². The Morgan fingerprint density at radius 1 is 1.30 bits per heavy atom. The van der Waals surface area contributed by atoms with Gasteiger partial charge >= 0.3 is 6.18 Å². The van der Waals surface area contributed by atoms with Crippen LogP contribution < -0.4 is 0 Å². The van der Waals surface area contributed by atoms with Gasteiger partial charge in [-0.3, -0.25) is 4.90 Å². The van der Waals surface area contributed by atoms with Crippen molar-refractivity contribution in [1.82, 2.24) is 19.9 Å². The van der Waals surface area contributed by atoms with Gasteiger partial charge in [0.15, 0.2) is 0 Å². The van der Waals surface area contributed by atoms with E-state index < -0.39 is 24.0 Å². The van der Waals surface area contributed by atoms with E-state index in [0.29, 0.717) is 24.4 Å². The highest BCUT2D eigenvalue weighted by Gasteiger charge is 2.34. The number of nitrogens with zero attached hydrogens (tertiary/aromatic N) is 3. The van der Waals surface area contributed by atoms with Crippen LogP contribution in [0.25, 0.3) is 11.0 Å². The quantitative estimate of drug-likeness (QED) is 0.663. The molecule has 0 radical (unpaired) electrons. The summed E-state index contributed by atoms with van der Waals surface area (Å²) in [7, 11) is 0. The van der Waals surface area contributed by atoms with Gasteiger partial charge in [0.05, 0.1) is 23.1 Å². The third kappa shape index (κ3) is 4.12. The van der Waals surface area contributed by atoms with E-state index in [1.165, 1.54) is 17.4 Å². The summed E-state index contributed by atoms with van der Waals surface area (Å²) < 4.78 is 58.2. The molecule has 0 saturated carbocycles. The van der Waals surface area contributed by atoms with Crippen molar-refractivity contribution in [2.24, 2.45) is 0 Å². The Bertz CT molecular complexity index is 911. The number of hydrogen-bond acceptors (Lipinski definition) is 5. The van der Waals surface area contributed by atoms with Gasteiger partial charge in [-0.2, -0.15) is 13.2 Å². The molecule has 0 amide bonds. The summed E-state index contributed by atoms with van der Waals surface area (Å²) >= 11 is 1.52. The maximum Gasteiger partial charge on any atom is 0.416 e. The lowest BCUT2D eigenvalue weighted by molar-refractivity contribution is -0.137. The highest BCUT2D eigenvalue weighted by atomic mass is 32.1. The van der Waals surface area contributed by atoms with Crippen molar-refractivity contribution in [2.75, 3.05) is 13.1 Å². The Balaban J connectivity index is 1.38. The predicted molar refractivity (Wildman–Crippen MR) is 92.0 cm³/mol. The van der Waals surface area contributed by atoms with Crippen molar-refractivity contribution in [3.05, 3.63) is 46.2 Å². The molecule has 1 aromatic carbocycles. The second kappa shape index (κ2) is 7.17. The smallest absolute Gasteiger partial charge is 0.366 e. The van der Waals surface area contributed by atoms with Crippen LogP contribution in [0.4, 0.5) is 17.6 Å². The molecule has 1 aliphatic rings. The first-order valence-electron chi connectivity index (χ1n) is 8.31. The molecule has 0 unspecified atom stereocenters. The van der Waals surface area contributed by atoms with Crippen molar-refractivity contribution >= 4 is 22.4 Å². The van der Waals surface area contributed by atoms with Crippen molar-refractivity contribution in [3.63, 3.8) is 0 Å². The zero-order valence-electron chi connectivity index (χ0n) is 14.0. The summed E-state index contributed by atoms with van der Waals surface area (Å²) in [4.78, 5) is 13.1. The number of alkyl halides is 4. The Morgan fingerprint density at radius 3 is 2.89 bits per heavy atom. The van der Waals surface area contributed by atoms with E-state index in [-0.39, 0.29) is 18.7 Å². The molecule has 4 rings (SSSR count). The topological polar surface area (TPSA) is 54.0 Å². The van der Waals surface area contributed by atoms with Crippen LogP contribution in [0.3, 0.4) is 0 Å². The Labute approximate surface area is 156 Å². The predicted octanol–water partition coefficient (Wildman–Crippen LogP) is 3.78. The average molecular weight is 400 g/mol. The number of rotatable bonds is 5.